The van der Waals surface area contributed by atoms with E-state index in [0.717, 1.165) is 0 Å². The Balaban J connectivity index is 2.40. The number of hydrogen-bond acceptors (Lipinski definition) is 4. The fraction of sp³-hybridized carbons (Fsp3) is 0.200. The van der Waals surface area contributed by atoms with Gasteiger partial charge in [-0.1, -0.05) is 0 Å². The van der Waals surface area contributed by atoms with E-state index in [-0.39, 0.29) is 5.97 Å². The molecule has 1 aliphatic rings. The van der Waals surface area contributed by atoms with E-state index >= 15 is 0 Å². The van der Waals surface area contributed by atoms with Gasteiger partial charge in [0.05, 0.1) is 12.1 Å². The lowest BCUT2D eigenvalue weighted by Crippen LogP contribution is -2.11. The molecule has 78 valence electrons. The van der Waals surface area contributed by atoms with Crippen LogP contribution in [0.5, 0.6) is 5.75 Å². The fourth-order valence-electron chi connectivity index (χ4n) is 1.38. The molecule has 0 radical (unpaired) electrons. The van der Waals surface area contributed by atoms with Crippen LogP contribution in [0.25, 0.3) is 0 Å². The Morgan fingerprint density at radius 3 is 3.00 bits per heavy atom. The summed E-state index contributed by atoms with van der Waals surface area (Å²) in [6, 6.07) is 4.67. The first-order valence-corrected chi connectivity index (χ1v) is 4.55. The highest BCUT2D eigenvalue weighted by Gasteiger charge is 2.15. The number of nitrogens with two attached hydrogens (primary N) is 1. The normalized spacial score (nSPS) is 14.5. The van der Waals surface area contributed by atoms with Crippen molar-refractivity contribution < 1.29 is 14.3 Å². The molecule has 1 amide bonds. The number of hydrogen-bond donors (Lipinski definition) is 2. The van der Waals surface area contributed by atoms with Gasteiger partial charge < -0.3 is 15.8 Å². The average molecular weight is 206 g/mol. The first-order chi connectivity index (χ1) is 7.16. The Morgan fingerprint density at radius 2 is 2.27 bits per heavy atom. The Bertz CT molecular complexity index is 429. The molecular formula is C10H10N2O3. The van der Waals surface area contributed by atoms with Gasteiger partial charge in [-0.05, 0) is 18.2 Å². The maximum absolute atomic E-state index is 11.1. The molecule has 0 spiro atoms. The first kappa shape index (κ1) is 9.51. The van der Waals surface area contributed by atoms with Gasteiger partial charge in [0.2, 0.25) is 5.91 Å². The topological polar surface area (TPSA) is 81.4 Å². The maximum atomic E-state index is 11.1. The third kappa shape index (κ3) is 1.90. The molecule has 0 aliphatic carbocycles. The molecule has 0 fully saturated rings. The van der Waals surface area contributed by atoms with Gasteiger partial charge in [0, 0.05) is 12.1 Å². The molecule has 5 nitrogen and oxygen atoms in total. The summed E-state index contributed by atoms with van der Waals surface area (Å²) in [5.74, 6) is -0.356. The van der Waals surface area contributed by atoms with Gasteiger partial charge in [-0.3, -0.25) is 9.59 Å². The summed E-state index contributed by atoms with van der Waals surface area (Å²) in [6.07, 6.45) is 0.306. The highest BCUT2D eigenvalue weighted by atomic mass is 16.5. The number of fused-ring (bicyclic) bond motifs is 1. The van der Waals surface area contributed by atoms with Crippen LogP contribution in [0.3, 0.4) is 0 Å². The Labute approximate surface area is 86.2 Å². The molecule has 1 heterocycles. The smallest absolute Gasteiger partial charge is 0.313 e. The standard InChI is InChI=1S/C10H10N2O3/c11-10(14)6-1-2-8-7(5-6)12-4-3-9(13)15-8/h1-2,5,12H,3-4H2,(H2,11,14). The largest absolute Gasteiger partial charge is 0.424 e. The van der Waals surface area contributed by atoms with Crippen LogP contribution in [0.4, 0.5) is 5.69 Å². The van der Waals surface area contributed by atoms with Gasteiger partial charge in [-0.25, -0.2) is 0 Å². The van der Waals surface area contributed by atoms with Crippen molar-refractivity contribution in [1.29, 1.82) is 0 Å². The summed E-state index contributed by atoms with van der Waals surface area (Å²) in [5.41, 5.74) is 6.15. The number of carbonyl (C=O) groups is 2. The predicted octanol–water partition coefficient (Wildman–Crippen LogP) is 0.506. The summed E-state index contributed by atoms with van der Waals surface area (Å²) < 4.78 is 5.04. The Kier molecular flexibility index (Phi) is 2.29. The number of primary amides is 1. The number of ether oxygens (including phenoxy) is 1. The SMILES string of the molecule is NC(=O)c1ccc2c(c1)NCCC(=O)O2. The Hall–Kier alpha value is -2.04. The molecule has 15 heavy (non-hydrogen) atoms. The minimum Gasteiger partial charge on any atom is -0.424 e. The van der Waals surface area contributed by atoms with E-state index in [0.29, 0.717) is 30.0 Å². The van der Waals surface area contributed by atoms with E-state index in [1.54, 1.807) is 12.1 Å². The van der Waals surface area contributed by atoms with E-state index in [1.165, 1.54) is 6.07 Å². The van der Waals surface area contributed by atoms with E-state index in [9.17, 15) is 9.59 Å². The number of esters is 1. The molecule has 1 aromatic rings. The van der Waals surface area contributed by atoms with Crippen LogP contribution in [-0.2, 0) is 4.79 Å². The van der Waals surface area contributed by atoms with Crippen molar-refractivity contribution in [3.8, 4) is 5.75 Å². The minimum absolute atomic E-state index is 0.284. The molecule has 2 rings (SSSR count). The summed E-state index contributed by atoms with van der Waals surface area (Å²) >= 11 is 0. The first-order valence-electron chi connectivity index (χ1n) is 4.55. The Morgan fingerprint density at radius 1 is 1.47 bits per heavy atom. The lowest BCUT2D eigenvalue weighted by Gasteiger charge is -2.07. The van der Waals surface area contributed by atoms with Gasteiger partial charge >= 0.3 is 5.97 Å². The van der Waals surface area contributed by atoms with Crippen molar-refractivity contribution in [3.63, 3.8) is 0 Å². The van der Waals surface area contributed by atoms with Crippen molar-refractivity contribution in [2.75, 3.05) is 11.9 Å². The van der Waals surface area contributed by atoms with Gasteiger partial charge in [-0.15, -0.1) is 0 Å². The van der Waals surface area contributed by atoms with Crippen LogP contribution < -0.4 is 15.8 Å². The zero-order valence-corrected chi connectivity index (χ0v) is 7.95. The van der Waals surface area contributed by atoms with Gasteiger partial charge in [0.25, 0.3) is 0 Å². The molecule has 0 unspecified atom stereocenters. The van der Waals surface area contributed by atoms with Crippen LogP contribution >= 0.6 is 0 Å². The lowest BCUT2D eigenvalue weighted by molar-refractivity contribution is -0.133. The number of benzene rings is 1. The van der Waals surface area contributed by atoms with Crippen LogP contribution in [0.1, 0.15) is 16.8 Å². The zero-order chi connectivity index (χ0) is 10.8. The highest BCUT2D eigenvalue weighted by molar-refractivity contribution is 5.94. The second-order valence-electron chi connectivity index (χ2n) is 3.23. The van der Waals surface area contributed by atoms with E-state index < -0.39 is 5.91 Å². The second-order valence-corrected chi connectivity index (χ2v) is 3.23. The molecule has 0 bridgehead atoms. The molecule has 3 N–H and O–H groups in total. The molecule has 1 aliphatic heterocycles. The van der Waals surface area contributed by atoms with Crippen molar-refractivity contribution >= 4 is 17.6 Å². The van der Waals surface area contributed by atoms with Crippen LogP contribution in [0, 0.1) is 0 Å². The van der Waals surface area contributed by atoms with Crippen molar-refractivity contribution in [2.45, 2.75) is 6.42 Å². The number of anilines is 1. The van der Waals surface area contributed by atoms with Gasteiger partial charge in [-0.2, -0.15) is 0 Å². The minimum atomic E-state index is -0.504. The van der Waals surface area contributed by atoms with Crippen LogP contribution in [-0.4, -0.2) is 18.4 Å². The van der Waals surface area contributed by atoms with E-state index in [2.05, 4.69) is 5.32 Å². The van der Waals surface area contributed by atoms with Crippen LogP contribution in [0.2, 0.25) is 0 Å². The summed E-state index contributed by atoms with van der Waals surface area (Å²) in [4.78, 5) is 22.0. The summed E-state index contributed by atoms with van der Waals surface area (Å²) in [6.45, 7) is 0.494. The van der Waals surface area contributed by atoms with Crippen molar-refractivity contribution in [3.05, 3.63) is 23.8 Å². The molecule has 0 aromatic heterocycles. The number of amides is 1. The third-order valence-electron chi connectivity index (χ3n) is 2.13. The molecule has 1 aromatic carbocycles. The maximum Gasteiger partial charge on any atom is 0.313 e. The third-order valence-corrected chi connectivity index (χ3v) is 2.13. The lowest BCUT2D eigenvalue weighted by atomic mass is 10.2. The van der Waals surface area contributed by atoms with Gasteiger partial charge in [0.1, 0.15) is 0 Å². The zero-order valence-electron chi connectivity index (χ0n) is 7.95. The summed E-state index contributed by atoms with van der Waals surface area (Å²) in [7, 11) is 0. The molecular weight excluding hydrogens is 196 g/mol. The van der Waals surface area contributed by atoms with Crippen molar-refractivity contribution in [2.24, 2.45) is 5.73 Å². The average Bonchev–Trinajstić information content (AvgIpc) is 2.37. The molecule has 0 atom stereocenters. The van der Waals surface area contributed by atoms with Crippen molar-refractivity contribution in [1.82, 2.24) is 0 Å². The van der Waals surface area contributed by atoms with Gasteiger partial charge in [0.15, 0.2) is 5.75 Å². The fourth-order valence-corrected chi connectivity index (χ4v) is 1.38. The van der Waals surface area contributed by atoms with E-state index in [4.69, 9.17) is 10.5 Å². The predicted molar refractivity (Wildman–Crippen MR) is 53.7 cm³/mol. The van der Waals surface area contributed by atoms with Crippen LogP contribution in [0.15, 0.2) is 18.2 Å². The second kappa shape index (κ2) is 3.61. The molecule has 0 saturated carbocycles. The number of nitrogens with one attached hydrogen (secondary N) is 1. The molecule has 0 saturated heterocycles. The molecule has 5 heteroatoms. The summed E-state index contributed by atoms with van der Waals surface area (Å²) in [5, 5.41) is 3.00. The monoisotopic (exact) mass is 206 g/mol. The highest BCUT2D eigenvalue weighted by Crippen LogP contribution is 2.27. The number of carbonyl (C=O) groups excluding carboxylic acids is 2. The van der Waals surface area contributed by atoms with E-state index in [1.807, 2.05) is 0 Å². The number of rotatable bonds is 1. The quantitative estimate of drug-likeness (QED) is 0.518.